The molecule has 5 saturated carbocycles. The molecule has 0 aromatic heterocycles. The van der Waals surface area contributed by atoms with E-state index in [0.29, 0.717) is 36.9 Å². The Bertz CT molecular complexity index is 735. The molecule has 7 fully saturated rings. The van der Waals surface area contributed by atoms with Gasteiger partial charge in [0, 0.05) is 24.0 Å². The average molecular weight is 444 g/mol. The molecule has 6 heteroatoms. The first-order chi connectivity index (χ1) is 15.5. The number of rotatable bonds is 7. The number of hydrogen-bond donors (Lipinski definition) is 3. The fraction of sp³-hybridized carbons (Fsp3) is 0.923. The van der Waals surface area contributed by atoms with Crippen molar-refractivity contribution in [2.24, 2.45) is 23.7 Å². The molecule has 7 rings (SSSR count). The van der Waals surface area contributed by atoms with Crippen LogP contribution in [0.4, 0.5) is 0 Å². The molecular weight excluding hydrogens is 402 g/mol. The summed E-state index contributed by atoms with van der Waals surface area (Å²) < 4.78 is 0. The number of aliphatic hydroxyl groups is 1. The molecule has 0 spiro atoms. The highest BCUT2D eigenvalue weighted by Crippen LogP contribution is 2.60. The van der Waals surface area contributed by atoms with Gasteiger partial charge in [0.2, 0.25) is 11.8 Å². The maximum atomic E-state index is 13.1. The number of hydrogen-bond acceptors (Lipinski definition) is 4. The van der Waals surface area contributed by atoms with E-state index >= 15 is 0 Å². The topological polar surface area (TPSA) is 81.7 Å². The lowest BCUT2D eigenvalue weighted by molar-refractivity contribution is -0.128. The third-order valence-corrected chi connectivity index (χ3v) is 10.4. The lowest BCUT2D eigenvalue weighted by Crippen LogP contribution is -2.55. The third-order valence-electron chi connectivity index (χ3n) is 10.4. The van der Waals surface area contributed by atoms with Gasteiger partial charge in [-0.15, -0.1) is 0 Å². The normalized spacial score (nSPS) is 43.7. The largest absolute Gasteiger partial charge is 0.394 e. The minimum Gasteiger partial charge on any atom is -0.394 e. The molecule has 6 bridgehead atoms. The van der Waals surface area contributed by atoms with Gasteiger partial charge in [-0.05, 0) is 94.3 Å². The van der Waals surface area contributed by atoms with Crippen LogP contribution >= 0.6 is 0 Å². The molecule has 2 heterocycles. The van der Waals surface area contributed by atoms with E-state index in [-0.39, 0.29) is 23.6 Å². The first-order valence-electron chi connectivity index (χ1n) is 13.4. The van der Waals surface area contributed by atoms with Crippen LogP contribution in [-0.4, -0.2) is 58.1 Å². The fourth-order valence-electron chi connectivity index (χ4n) is 9.28. The Labute approximate surface area is 192 Å². The highest BCUT2D eigenvalue weighted by atomic mass is 16.3. The Kier molecular flexibility index (Phi) is 5.33. The van der Waals surface area contributed by atoms with Gasteiger partial charge < -0.3 is 15.7 Å². The second-order valence-corrected chi connectivity index (χ2v) is 12.5. The van der Waals surface area contributed by atoms with E-state index in [2.05, 4.69) is 15.5 Å². The van der Waals surface area contributed by atoms with Gasteiger partial charge in [-0.25, -0.2) is 0 Å². The minimum atomic E-state index is -0.384. The molecular formula is C26H41N3O3. The molecule has 0 radical (unpaired) electrons. The van der Waals surface area contributed by atoms with Crippen molar-refractivity contribution in [2.75, 3.05) is 13.2 Å². The Balaban J connectivity index is 1.01. The number of carbonyl (C=O) groups is 2. The van der Waals surface area contributed by atoms with Crippen LogP contribution in [0, 0.1) is 23.7 Å². The third kappa shape index (κ3) is 3.70. The number of nitrogens with one attached hydrogen (secondary N) is 2. The molecule has 7 aliphatic rings. The van der Waals surface area contributed by atoms with E-state index in [1.165, 1.54) is 32.1 Å². The van der Waals surface area contributed by atoms with Crippen molar-refractivity contribution in [1.29, 1.82) is 0 Å². The predicted octanol–water partition coefficient (Wildman–Crippen LogP) is 2.74. The van der Waals surface area contributed by atoms with Gasteiger partial charge in [0.05, 0.1) is 18.7 Å². The van der Waals surface area contributed by atoms with E-state index in [9.17, 15) is 14.7 Å². The van der Waals surface area contributed by atoms with Gasteiger partial charge in [-0.3, -0.25) is 14.5 Å². The molecule has 0 aromatic rings. The first kappa shape index (κ1) is 21.4. The SMILES string of the molecule is O=C(CN1[C@@H]2CC[C@H]1CC(CC(=O)NC13CC4CC(CC1C4)C3)C2)NC1(CO)CCCC1. The second-order valence-electron chi connectivity index (χ2n) is 12.5. The summed E-state index contributed by atoms with van der Waals surface area (Å²) in [5.74, 6) is 3.30. The van der Waals surface area contributed by atoms with Crippen molar-refractivity contribution in [3.8, 4) is 0 Å². The van der Waals surface area contributed by atoms with Crippen molar-refractivity contribution >= 4 is 11.8 Å². The second kappa shape index (κ2) is 7.97. The van der Waals surface area contributed by atoms with Crippen molar-refractivity contribution in [1.82, 2.24) is 15.5 Å². The Morgan fingerprint density at radius 3 is 2.16 bits per heavy atom. The van der Waals surface area contributed by atoms with Gasteiger partial charge in [0.15, 0.2) is 0 Å². The summed E-state index contributed by atoms with van der Waals surface area (Å²) in [6.07, 6.45) is 15.6. The van der Waals surface area contributed by atoms with E-state index in [1.54, 1.807) is 0 Å². The number of piperidine rings is 1. The van der Waals surface area contributed by atoms with E-state index in [0.717, 1.165) is 69.1 Å². The zero-order chi connectivity index (χ0) is 21.9. The Morgan fingerprint density at radius 1 is 0.875 bits per heavy atom. The van der Waals surface area contributed by atoms with Crippen molar-refractivity contribution in [3.63, 3.8) is 0 Å². The molecule has 2 saturated heterocycles. The van der Waals surface area contributed by atoms with E-state index < -0.39 is 0 Å². The molecule has 3 unspecified atom stereocenters. The molecule has 2 amide bonds. The monoisotopic (exact) mass is 443 g/mol. The highest BCUT2D eigenvalue weighted by Gasteiger charge is 2.58. The molecule has 0 aromatic carbocycles. The summed E-state index contributed by atoms with van der Waals surface area (Å²) >= 11 is 0. The summed E-state index contributed by atoms with van der Waals surface area (Å²) in [4.78, 5) is 28.3. The van der Waals surface area contributed by atoms with Crippen LogP contribution in [0.1, 0.15) is 89.9 Å². The molecule has 178 valence electrons. The number of carbonyl (C=O) groups excluding carboxylic acids is 2. The van der Waals surface area contributed by atoms with Gasteiger partial charge in [-0.1, -0.05) is 12.8 Å². The minimum absolute atomic E-state index is 0.0482. The van der Waals surface area contributed by atoms with Crippen molar-refractivity contribution in [2.45, 2.75) is 113 Å². The zero-order valence-electron chi connectivity index (χ0n) is 19.5. The molecule has 3 N–H and O–H groups in total. The summed E-state index contributed by atoms with van der Waals surface area (Å²) in [6.45, 7) is 0.496. The molecule has 2 aliphatic heterocycles. The number of nitrogens with zero attached hydrogens (tertiary/aromatic N) is 1. The van der Waals surface area contributed by atoms with Gasteiger partial charge >= 0.3 is 0 Å². The van der Waals surface area contributed by atoms with Crippen LogP contribution < -0.4 is 10.6 Å². The van der Waals surface area contributed by atoms with Crippen molar-refractivity contribution < 1.29 is 14.7 Å². The maximum Gasteiger partial charge on any atom is 0.234 e. The standard InChI is InChI=1S/C26H41N3O3/c30-16-25(5-1-2-6-25)27-24(32)15-29-21-3-4-22(29)11-17(10-21)12-23(31)28-26-13-18-7-19(14-26)9-20(26)8-18/h17-22,30H,1-16H2,(H,27,32)(H,28,31)/t17?,18?,19?,20?,21-,22+,26?. The molecule has 5 atom stereocenters. The fourth-order valence-corrected chi connectivity index (χ4v) is 9.28. The summed E-state index contributed by atoms with van der Waals surface area (Å²) in [5, 5.41) is 16.6. The lowest BCUT2D eigenvalue weighted by Gasteiger charge is -2.40. The van der Waals surface area contributed by atoms with E-state index in [1.807, 2.05) is 0 Å². The van der Waals surface area contributed by atoms with Crippen molar-refractivity contribution in [3.05, 3.63) is 0 Å². The number of aliphatic hydroxyl groups excluding tert-OH is 1. The van der Waals surface area contributed by atoms with Crippen LogP contribution in [0.3, 0.4) is 0 Å². The lowest BCUT2D eigenvalue weighted by atomic mass is 9.80. The van der Waals surface area contributed by atoms with E-state index in [4.69, 9.17) is 0 Å². The van der Waals surface area contributed by atoms with Crippen LogP contribution in [-0.2, 0) is 9.59 Å². The molecule has 6 nitrogen and oxygen atoms in total. The van der Waals surface area contributed by atoms with Gasteiger partial charge in [0.25, 0.3) is 0 Å². The number of amides is 2. The zero-order valence-corrected chi connectivity index (χ0v) is 19.5. The van der Waals surface area contributed by atoms with Crippen LogP contribution in [0.2, 0.25) is 0 Å². The quantitative estimate of drug-likeness (QED) is 0.565. The molecule has 32 heavy (non-hydrogen) atoms. The predicted molar refractivity (Wildman–Crippen MR) is 122 cm³/mol. The average Bonchev–Trinajstić information content (AvgIpc) is 3.42. The summed E-state index contributed by atoms with van der Waals surface area (Å²) in [5.41, 5.74) is -0.240. The van der Waals surface area contributed by atoms with Gasteiger partial charge in [0.1, 0.15) is 0 Å². The van der Waals surface area contributed by atoms with Gasteiger partial charge in [-0.2, -0.15) is 0 Å². The Morgan fingerprint density at radius 2 is 1.53 bits per heavy atom. The number of fused-ring (bicyclic) bond motifs is 2. The van der Waals surface area contributed by atoms with Crippen LogP contribution in [0.15, 0.2) is 0 Å². The summed E-state index contributed by atoms with van der Waals surface area (Å²) in [7, 11) is 0. The molecule has 5 aliphatic carbocycles. The summed E-state index contributed by atoms with van der Waals surface area (Å²) in [6, 6.07) is 0.866. The smallest absolute Gasteiger partial charge is 0.234 e. The Hall–Kier alpha value is -1.14. The van der Waals surface area contributed by atoms with Crippen LogP contribution in [0.5, 0.6) is 0 Å². The highest BCUT2D eigenvalue weighted by molar-refractivity contribution is 5.79. The maximum absolute atomic E-state index is 13.1. The first-order valence-corrected chi connectivity index (χ1v) is 13.4. The van der Waals surface area contributed by atoms with Crippen LogP contribution in [0.25, 0.3) is 0 Å².